The van der Waals surface area contributed by atoms with Crippen molar-refractivity contribution in [3.63, 3.8) is 0 Å². The third-order valence-electron chi connectivity index (χ3n) is 4.70. The molecule has 0 aromatic rings. The first-order chi connectivity index (χ1) is 8.75. The van der Waals surface area contributed by atoms with Crippen molar-refractivity contribution in [2.24, 2.45) is 5.92 Å². The van der Waals surface area contributed by atoms with Gasteiger partial charge in [-0.1, -0.05) is 19.3 Å². The minimum atomic E-state index is 0.722. The highest BCUT2D eigenvalue weighted by Crippen LogP contribution is 2.22. The zero-order valence-electron chi connectivity index (χ0n) is 12.3. The summed E-state index contributed by atoms with van der Waals surface area (Å²) in [5.41, 5.74) is 0. The van der Waals surface area contributed by atoms with E-state index in [2.05, 4.69) is 29.1 Å². The van der Waals surface area contributed by atoms with Crippen LogP contribution < -0.4 is 5.32 Å². The van der Waals surface area contributed by atoms with Crippen LogP contribution in [0.15, 0.2) is 0 Å². The molecule has 0 aromatic carbocycles. The first-order valence-corrected chi connectivity index (χ1v) is 7.89. The predicted molar refractivity (Wildman–Crippen MR) is 78.0 cm³/mol. The van der Waals surface area contributed by atoms with Crippen LogP contribution in [0.25, 0.3) is 0 Å². The van der Waals surface area contributed by atoms with E-state index in [1.165, 1.54) is 71.4 Å². The van der Waals surface area contributed by atoms with Gasteiger partial charge in [-0.15, -0.1) is 0 Å². The molecule has 0 radical (unpaired) electrons. The molecule has 0 bridgehead atoms. The van der Waals surface area contributed by atoms with Crippen LogP contribution in [-0.2, 0) is 0 Å². The number of nitrogens with zero attached hydrogens (tertiary/aromatic N) is 2. The molecule has 18 heavy (non-hydrogen) atoms. The average Bonchev–Trinajstić information content (AvgIpc) is 2.38. The van der Waals surface area contributed by atoms with Crippen LogP contribution in [-0.4, -0.2) is 62.2 Å². The normalized spacial score (nSPS) is 28.7. The van der Waals surface area contributed by atoms with Crippen LogP contribution in [0.4, 0.5) is 0 Å². The molecule has 1 atom stereocenters. The molecule has 3 nitrogen and oxygen atoms in total. The average molecular weight is 253 g/mol. The molecule has 1 aliphatic heterocycles. The zero-order valence-corrected chi connectivity index (χ0v) is 12.3. The fourth-order valence-electron chi connectivity index (χ4n) is 3.43. The molecule has 1 heterocycles. The molecule has 1 saturated heterocycles. The topological polar surface area (TPSA) is 18.5 Å². The minimum absolute atomic E-state index is 0.722. The molecule has 2 rings (SSSR count). The van der Waals surface area contributed by atoms with Crippen molar-refractivity contribution in [2.75, 3.05) is 46.3 Å². The van der Waals surface area contributed by atoms with Crippen molar-refractivity contribution < 1.29 is 0 Å². The lowest BCUT2D eigenvalue weighted by molar-refractivity contribution is 0.101. The Morgan fingerprint density at radius 3 is 2.61 bits per heavy atom. The second kappa shape index (κ2) is 7.46. The maximum Gasteiger partial charge on any atom is 0.0195 e. The van der Waals surface area contributed by atoms with Gasteiger partial charge in [-0.05, 0) is 39.3 Å². The number of piperazine rings is 1. The van der Waals surface area contributed by atoms with E-state index < -0.39 is 0 Å². The molecule has 3 heteroatoms. The summed E-state index contributed by atoms with van der Waals surface area (Å²) in [4.78, 5) is 5.07. The maximum atomic E-state index is 3.68. The van der Waals surface area contributed by atoms with Crippen molar-refractivity contribution >= 4 is 0 Å². The molecule has 0 amide bonds. The molecule has 2 aliphatic rings. The second-order valence-electron chi connectivity index (χ2n) is 6.36. The fraction of sp³-hybridized carbons (Fsp3) is 1.00. The van der Waals surface area contributed by atoms with Crippen LogP contribution in [0.1, 0.15) is 39.0 Å². The molecule has 1 saturated carbocycles. The summed E-state index contributed by atoms with van der Waals surface area (Å²) in [5.74, 6) is 0.962. The third kappa shape index (κ3) is 4.52. The van der Waals surface area contributed by atoms with Gasteiger partial charge in [0.05, 0.1) is 0 Å². The molecule has 0 aromatic heterocycles. The summed E-state index contributed by atoms with van der Waals surface area (Å²) in [7, 11) is 2.23. The Bertz CT molecular complexity index is 226. The lowest BCUT2D eigenvalue weighted by Crippen LogP contribution is -2.52. The van der Waals surface area contributed by atoms with Gasteiger partial charge in [0.25, 0.3) is 0 Å². The Morgan fingerprint density at radius 2 is 1.89 bits per heavy atom. The SMILES string of the molecule is CC1CN(C)CCN1CCNCC1CCCCC1. The molecule has 1 aliphatic carbocycles. The van der Waals surface area contributed by atoms with E-state index in [1.54, 1.807) is 0 Å². The largest absolute Gasteiger partial charge is 0.315 e. The van der Waals surface area contributed by atoms with Gasteiger partial charge >= 0.3 is 0 Å². The predicted octanol–water partition coefficient (Wildman–Crippen LogP) is 1.79. The van der Waals surface area contributed by atoms with Gasteiger partial charge in [0.2, 0.25) is 0 Å². The molecular formula is C15H31N3. The van der Waals surface area contributed by atoms with Gasteiger partial charge in [-0.3, -0.25) is 4.90 Å². The van der Waals surface area contributed by atoms with E-state index >= 15 is 0 Å². The van der Waals surface area contributed by atoms with Crippen molar-refractivity contribution in [3.05, 3.63) is 0 Å². The second-order valence-corrected chi connectivity index (χ2v) is 6.36. The maximum absolute atomic E-state index is 3.68. The van der Waals surface area contributed by atoms with Gasteiger partial charge in [-0.25, -0.2) is 0 Å². The lowest BCUT2D eigenvalue weighted by atomic mass is 9.89. The Morgan fingerprint density at radius 1 is 1.11 bits per heavy atom. The number of likely N-dealkylation sites (N-methyl/N-ethyl adjacent to an activating group) is 1. The van der Waals surface area contributed by atoms with Crippen LogP contribution in [0.5, 0.6) is 0 Å². The Balaban J connectivity index is 1.54. The quantitative estimate of drug-likeness (QED) is 0.754. The van der Waals surface area contributed by atoms with Crippen molar-refractivity contribution in [1.29, 1.82) is 0 Å². The zero-order chi connectivity index (χ0) is 12.8. The molecule has 1 N–H and O–H groups in total. The van der Waals surface area contributed by atoms with E-state index in [9.17, 15) is 0 Å². The summed E-state index contributed by atoms with van der Waals surface area (Å²) in [5, 5.41) is 3.68. The van der Waals surface area contributed by atoms with E-state index in [-0.39, 0.29) is 0 Å². The number of hydrogen-bond donors (Lipinski definition) is 1. The van der Waals surface area contributed by atoms with Crippen molar-refractivity contribution in [3.8, 4) is 0 Å². The van der Waals surface area contributed by atoms with Gasteiger partial charge in [0.15, 0.2) is 0 Å². The van der Waals surface area contributed by atoms with E-state index in [4.69, 9.17) is 0 Å². The first kappa shape index (κ1) is 14.3. The third-order valence-corrected chi connectivity index (χ3v) is 4.70. The first-order valence-electron chi connectivity index (χ1n) is 7.89. The molecule has 1 unspecified atom stereocenters. The fourth-order valence-corrected chi connectivity index (χ4v) is 3.43. The number of hydrogen-bond acceptors (Lipinski definition) is 3. The van der Waals surface area contributed by atoms with Crippen LogP contribution >= 0.6 is 0 Å². The smallest absolute Gasteiger partial charge is 0.0195 e. The summed E-state index contributed by atoms with van der Waals surface area (Å²) < 4.78 is 0. The highest BCUT2D eigenvalue weighted by atomic mass is 15.3. The van der Waals surface area contributed by atoms with Gasteiger partial charge in [-0.2, -0.15) is 0 Å². The minimum Gasteiger partial charge on any atom is -0.315 e. The van der Waals surface area contributed by atoms with Gasteiger partial charge in [0.1, 0.15) is 0 Å². The van der Waals surface area contributed by atoms with E-state index in [0.717, 1.165) is 12.0 Å². The van der Waals surface area contributed by atoms with E-state index in [1.807, 2.05) is 0 Å². The number of nitrogens with one attached hydrogen (secondary N) is 1. The standard InChI is InChI=1S/C15H31N3/c1-14-13-17(2)10-11-18(14)9-8-16-12-15-6-4-3-5-7-15/h14-16H,3-13H2,1-2H3. The molecule has 106 valence electrons. The van der Waals surface area contributed by atoms with Crippen LogP contribution in [0, 0.1) is 5.92 Å². The summed E-state index contributed by atoms with van der Waals surface area (Å²) in [6, 6.07) is 0.722. The van der Waals surface area contributed by atoms with Crippen LogP contribution in [0.3, 0.4) is 0 Å². The Hall–Kier alpha value is -0.120. The molecule has 2 fully saturated rings. The lowest BCUT2D eigenvalue weighted by Gasteiger charge is -2.38. The van der Waals surface area contributed by atoms with Gasteiger partial charge < -0.3 is 10.2 Å². The van der Waals surface area contributed by atoms with Crippen molar-refractivity contribution in [1.82, 2.24) is 15.1 Å². The number of rotatable bonds is 5. The summed E-state index contributed by atoms with van der Waals surface area (Å²) in [6.45, 7) is 9.70. The van der Waals surface area contributed by atoms with Gasteiger partial charge in [0, 0.05) is 38.8 Å². The molecule has 0 spiro atoms. The van der Waals surface area contributed by atoms with Crippen molar-refractivity contribution in [2.45, 2.75) is 45.1 Å². The summed E-state index contributed by atoms with van der Waals surface area (Å²) in [6.07, 6.45) is 7.30. The Kier molecular flexibility index (Phi) is 5.93. The monoisotopic (exact) mass is 253 g/mol. The summed E-state index contributed by atoms with van der Waals surface area (Å²) >= 11 is 0. The van der Waals surface area contributed by atoms with Crippen LogP contribution in [0.2, 0.25) is 0 Å². The Labute approximate surface area is 113 Å². The highest BCUT2D eigenvalue weighted by molar-refractivity contribution is 4.78. The molecular weight excluding hydrogens is 222 g/mol. The highest BCUT2D eigenvalue weighted by Gasteiger charge is 2.20. The van der Waals surface area contributed by atoms with E-state index in [0.29, 0.717) is 0 Å².